The van der Waals surface area contributed by atoms with Crippen molar-refractivity contribution in [3.8, 4) is 5.75 Å². The third-order valence-corrected chi connectivity index (χ3v) is 4.15. The van der Waals surface area contributed by atoms with Gasteiger partial charge in [0.1, 0.15) is 5.75 Å². The molecule has 0 saturated carbocycles. The van der Waals surface area contributed by atoms with Crippen molar-refractivity contribution in [2.75, 3.05) is 7.11 Å². The van der Waals surface area contributed by atoms with Gasteiger partial charge in [-0.15, -0.1) is 0 Å². The highest BCUT2D eigenvalue weighted by Gasteiger charge is 2.08. The highest BCUT2D eigenvalue weighted by atomic mass is 79.9. The highest BCUT2D eigenvalue weighted by Crippen LogP contribution is 2.25. The first kappa shape index (κ1) is 16.7. The average Bonchev–Trinajstić information content (AvgIpc) is 2.52. The van der Waals surface area contributed by atoms with Crippen LogP contribution in [0, 0.1) is 0 Å². The molecule has 6 heteroatoms. The summed E-state index contributed by atoms with van der Waals surface area (Å²) in [6.45, 7) is 1.84. The zero-order valence-electron chi connectivity index (χ0n) is 12.1. The van der Waals surface area contributed by atoms with Gasteiger partial charge in [0.2, 0.25) is 0 Å². The summed E-state index contributed by atoms with van der Waals surface area (Å²) in [5, 5.41) is 4.13. The molecule has 22 heavy (non-hydrogen) atoms. The number of ether oxygens (including phenoxy) is 1. The van der Waals surface area contributed by atoms with E-state index in [-0.39, 0.29) is 5.91 Å². The SMILES string of the molecule is COc1ccc(C(=O)N/N=C(\C)c2ccc(Br)cc2)cc1Br. The van der Waals surface area contributed by atoms with Crippen molar-refractivity contribution in [1.29, 1.82) is 0 Å². The number of methoxy groups -OCH3 is 1. The van der Waals surface area contributed by atoms with Crippen LogP contribution >= 0.6 is 31.9 Å². The predicted molar refractivity (Wildman–Crippen MR) is 94.5 cm³/mol. The fraction of sp³-hybridized carbons (Fsp3) is 0.125. The van der Waals surface area contributed by atoms with Crippen LogP contribution in [0.15, 0.2) is 56.5 Å². The molecule has 114 valence electrons. The van der Waals surface area contributed by atoms with E-state index in [1.807, 2.05) is 31.2 Å². The Labute approximate surface area is 145 Å². The molecule has 0 aliphatic rings. The molecule has 0 bridgehead atoms. The first-order valence-corrected chi connectivity index (χ1v) is 8.04. The van der Waals surface area contributed by atoms with E-state index in [1.54, 1.807) is 25.3 Å². The van der Waals surface area contributed by atoms with Gasteiger partial charge in [-0.1, -0.05) is 28.1 Å². The maximum absolute atomic E-state index is 12.1. The van der Waals surface area contributed by atoms with Crippen LogP contribution in [-0.4, -0.2) is 18.7 Å². The molecule has 2 aromatic rings. The van der Waals surface area contributed by atoms with Gasteiger partial charge >= 0.3 is 0 Å². The summed E-state index contributed by atoms with van der Waals surface area (Å²) in [7, 11) is 1.58. The topological polar surface area (TPSA) is 50.7 Å². The van der Waals surface area contributed by atoms with Gasteiger partial charge in [-0.25, -0.2) is 5.43 Å². The second-order valence-corrected chi connectivity index (χ2v) is 6.26. The van der Waals surface area contributed by atoms with Crippen molar-refractivity contribution in [1.82, 2.24) is 5.43 Å². The first-order chi connectivity index (χ1) is 10.5. The molecule has 0 unspecified atom stereocenters. The van der Waals surface area contributed by atoms with E-state index in [0.29, 0.717) is 11.3 Å². The minimum atomic E-state index is -0.278. The Morgan fingerprint density at radius 1 is 1.09 bits per heavy atom. The summed E-state index contributed by atoms with van der Waals surface area (Å²) in [4.78, 5) is 12.1. The van der Waals surface area contributed by atoms with Crippen LogP contribution in [0.3, 0.4) is 0 Å². The Balaban J connectivity index is 2.10. The van der Waals surface area contributed by atoms with E-state index in [0.717, 1.165) is 20.2 Å². The molecule has 4 nitrogen and oxygen atoms in total. The second kappa shape index (κ2) is 7.56. The maximum Gasteiger partial charge on any atom is 0.271 e. The molecule has 0 radical (unpaired) electrons. The summed E-state index contributed by atoms with van der Waals surface area (Å²) < 4.78 is 6.85. The molecule has 0 aliphatic carbocycles. The molecule has 0 aromatic heterocycles. The quantitative estimate of drug-likeness (QED) is 0.583. The largest absolute Gasteiger partial charge is 0.496 e. The third kappa shape index (κ3) is 4.18. The number of amides is 1. The molecule has 0 spiro atoms. The van der Waals surface area contributed by atoms with Crippen molar-refractivity contribution >= 4 is 43.5 Å². The monoisotopic (exact) mass is 424 g/mol. The normalized spacial score (nSPS) is 11.2. The van der Waals surface area contributed by atoms with E-state index in [9.17, 15) is 4.79 Å². The summed E-state index contributed by atoms with van der Waals surface area (Å²) in [5.74, 6) is 0.394. The lowest BCUT2D eigenvalue weighted by Gasteiger charge is -2.06. The Kier molecular flexibility index (Phi) is 5.74. The minimum absolute atomic E-state index is 0.278. The Morgan fingerprint density at radius 3 is 2.32 bits per heavy atom. The first-order valence-electron chi connectivity index (χ1n) is 6.45. The number of halogens is 2. The van der Waals surface area contributed by atoms with Crippen molar-refractivity contribution < 1.29 is 9.53 Å². The zero-order chi connectivity index (χ0) is 16.1. The van der Waals surface area contributed by atoms with Crippen LogP contribution in [0.4, 0.5) is 0 Å². The Bertz CT molecular complexity index is 713. The van der Waals surface area contributed by atoms with Gasteiger partial charge in [0, 0.05) is 10.0 Å². The predicted octanol–water partition coefficient (Wildman–Crippen LogP) is 4.37. The van der Waals surface area contributed by atoms with Crippen LogP contribution in [0.1, 0.15) is 22.8 Å². The average molecular weight is 426 g/mol. The number of nitrogens with zero attached hydrogens (tertiary/aromatic N) is 1. The van der Waals surface area contributed by atoms with Crippen molar-refractivity contribution in [3.63, 3.8) is 0 Å². The van der Waals surface area contributed by atoms with E-state index >= 15 is 0 Å². The highest BCUT2D eigenvalue weighted by molar-refractivity contribution is 9.10. The smallest absolute Gasteiger partial charge is 0.271 e. The molecule has 0 saturated heterocycles. The van der Waals surface area contributed by atoms with Gasteiger partial charge in [0.15, 0.2) is 0 Å². The van der Waals surface area contributed by atoms with Gasteiger partial charge in [-0.2, -0.15) is 5.10 Å². The van der Waals surface area contributed by atoms with Crippen molar-refractivity contribution in [3.05, 3.63) is 62.5 Å². The molecular weight excluding hydrogens is 412 g/mol. The van der Waals surface area contributed by atoms with E-state index in [1.165, 1.54) is 0 Å². The van der Waals surface area contributed by atoms with Gasteiger partial charge in [-0.3, -0.25) is 4.79 Å². The Hall–Kier alpha value is -1.66. The van der Waals surface area contributed by atoms with Gasteiger partial charge < -0.3 is 4.74 Å². The standard InChI is InChI=1S/C16H14Br2N2O2/c1-10(11-3-6-13(17)7-4-11)19-20-16(21)12-5-8-15(22-2)14(18)9-12/h3-9H,1-2H3,(H,20,21)/b19-10+. The van der Waals surface area contributed by atoms with E-state index in [2.05, 4.69) is 42.4 Å². The summed E-state index contributed by atoms with van der Waals surface area (Å²) in [6, 6.07) is 12.8. The fourth-order valence-electron chi connectivity index (χ4n) is 1.76. The van der Waals surface area contributed by atoms with Gasteiger partial charge in [0.05, 0.1) is 17.3 Å². The molecule has 0 heterocycles. The number of carbonyl (C=O) groups is 1. The molecule has 2 aromatic carbocycles. The second-order valence-electron chi connectivity index (χ2n) is 4.49. The molecule has 0 aliphatic heterocycles. The summed E-state index contributed by atoms with van der Waals surface area (Å²) in [6.07, 6.45) is 0. The number of carbonyl (C=O) groups excluding carboxylic acids is 1. The Morgan fingerprint density at radius 2 is 1.73 bits per heavy atom. The molecule has 0 atom stereocenters. The number of benzene rings is 2. The molecule has 2 rings (SSSR count). The maximum atomic E-state index is 12.1. The molecule has 0 fully saturated rings. The van der Waals surface area contributed by atoms with Crippen LogP contribution in [0.25, 0.3) is 0 Å². The lowest BCUT2D eigenvalue weighted by atomic mass is 10.1. The van der Waals surface area contributed by atoms with Crippen LogP contribution < -0.4 is 10.2 Å². The van der Waals surface area contributed by atoms with E-state index < -0.39 is 0 Å². The molecule has 1 N–H and O–H groups in total. The fourth-order valence-corrected chi connectivity index (χ4v) is 2.57. The molecule has 1 amide bonds. The van der Waals surface area contributed by atoms with Crippen molar-refractivity contribution in [2.24, 2.45) is 5.10 Å². The number of hydrogen-bond donors (Lipinski definition) is 1. The summed E-state index contributed by atoms with van der Waals surface area (Å²) >= 11 is 6.74. The zero-order valence-corrected chi connectivity index (χ0v) is 15.2. The van der Waals surface area contributed by atoms with Crippen LogP contribution in [0.2, 0.25) is 0 Å². The number of hydrazone groups is 1. The third-order valence-electron chi connectivity index (χ3n) is 3.00. The van der Waals surface area contributed by atoms with Crippen LogP contribution in [-0.2, 0) is 0 Å². The lowest BCUT2D eigenvalue weighted by molar-refractivity contribution is 0.0954. The minimum Gasteiger partial charge on any atom is -0.496 e. The lowest BCUT2D eigenvalue weighted by Crippen LogP contribution is -2.19. The summed E-state index contributed by atoms with van der Waals surface area (Å²) in [5.41, 5.74) is 4.73. The van der Waals surface area contributed by atoms with Gasteiger partial charge in [0.25, 0.3) is 5.91 Å². The number of hydrogen-bond acceptors (Lipinski definition) is 3. The van der Waals surface area contributed by atoms with Gasteiger partial charge in [-0.05, 0) is 58.7 Å². The number of nitrogens with one attached hydrogen (secondary N) is 1. The van der Waals surface area contributed by atoms with Crippen molar-refractivity contribution in [2.45, 2.75) is 6.92 Å². The van der Waals surface area contributed by atoms with Crippen LogP contribution in [0.5, 0.6) is 5.75 Å². The number of rotatable bonds is 4. The molecular formula is C16H14Br2N2O2. The van der Waals surface area contributed by atoms with E-state index in [4.69, 9.17) is 4.74 Å².